The molecule has 58 valence electrons. The quantitative estimate of drug-likeness (QED) is 0.469. The lowest BCUT2D eigenvalue weighted by molar-refractivity contribution is -0.864. The molecule has 0 amide bonds. The Morgan fingerprint density at radius 1 is 1.70 bits per heavy atom. The molecule has 10 heavy (non-hydrogen) atoms. The highest BCUT2D eigenvalue weighted by molar-refractivity contribution is 5.79. The summed E-state index contributed by atoms with van der Waals surface area (Å²) in [6.07, 6.45) is 1.23. The molecular weight excluding hydrogens is 130 g/mol. The first-order valence-electron chi connectivity index (χ1n) is 6.95. The van der Waals surface area contributed by atoms with Crippen LogP contribution in [0.3, 0.4) is 0 Å². The first-order chi connectivity index (χ1) is 8.17. The Hall–Kier alpha value is -0.830. The molecule has 3 heteroatoms. The number of quaternary nitrogens is 1. The van der Waals surface area contributed by atoms with Gasteiger partial charge in [0, 0.05) is 6.08 Å². The molecule has 0 saturated heterocycles. The SMILES string of the molecule is [2H]C([2H])([2H])[N+](C/C=C/C(=O)O)(C([2H])([2H])[2H])C([2H])([2H])[2H]. The van der Waals surface area contributed by atoms with E-state index >= 15 is 0 Å². The van der Waals surface area contributed by atoms with Gasteiger partial charge in [-0.2, -0.15) is 0 Å². The summed E-state index contributed by atoms with van der Waals surface area (Å²) in [5, 5.41) is 8.40. The van der Waals surface area contributed by atoms with E-state index in [-0.39, 0.29) is 0 Å². The Morgan fingerprint density at radius 3 is 2.70 bits per heavy atom. The summed E-state index contributed by atoms with van der Waals surface area (Å²) in [6, 6.07) is 0. The van der Waals surface area contributed by atoms with Gasteiger partial charge in [0.1, 0.15) is 0 Å². The molecule has 0 saturated carbocycles. The van der Waals surface area contributed by atoms with Crippen molar-refractivity contribution in [2.45, 2.75) is 0 Å². The van der Waals surface area contributed by atoms with Crippen LogP contribution in [0.1, 0.15) is 12.3 Å². The second-order valence-corrected chi connectivity index (χ2v) is 1.73. The molecule has 0 aromatic carbocycles. The van der Waals surface area contributed by atoms with Crippen LogP contribution in [-0.4, -0.2) is 43.0 Å². The third-order valence-corrected chi connectivity index (χ3v) is 0.640. The molecule has 0 aromatic rings. The van der Waals surface area contributed by atoms with Crippen LogP contribution in [0.25, 0.3) is 0 Å². The van der Waals surface area contributed by atoms with Crippen LogP contribution >= 0.6 is 0 Å². The monoisotopic (exact) mass is 153 g/mol. The highest BCUT2D eigenvalue weighted by atomic mass is 16.4. The molecule has 0 radical (unpaired) electrons. The van der Waals surface area contributed by atoms with Gasteiger partial charge in [0.2, 0.25) is 0 Å². The smallest absolute Gasteiger partial charge is 0.328 e. The van der Waals surface area contributed by atoms with Crippen LogP contribution < -0.4 is 0 Å². The van der Waals surface area contributed by atoms with E-state index in [1.54, 1.807) is 0 Å². The zero-order valence-corrected chi connectivity index (χ0v) is 5.16. The number of likely N-dealkylation sites (N-methyl/N-ethyl adjacent to an activating group) is 1. The van der Waals surface area contributed by atoms with Gasteiger partial charge in [0.05, 0.1) is 39.8 Å². The number of hydrogen-bond acceptors (Lipinski definition) is 1. The third-order valence-electron chi connectivity index (χ3n) is 0.640. The van der Waals surface area contributed by atoms with Gasteiger partial charge < -0.3 is 9.59 Å². The lowest BCUT2D eigenvalue weighted by atomic mass is 10.4. The van der Waals surface area contributed by atoms with Crippen molar-refractivity contribution in [3.05, 3.63) is 12.2 Å². The predicted molar refractivity (Wildman–Crippen MR) is 39.7 cm³/mol. The molecule has 0 aliphatic heterocycles. The average Bonchev–Trinajstić information content (AvgIpc) is 2.04. The van der Waals surface area contributed by atoms with Gasteiger partial charge in [-0.1, -0.05) is 0 Å². The van der Waals surface area contributed by atoms with Crippen LogP contribution in [0.5, 0.6) is 0 Å². The van der Waals surface area contributed by atoms with Crippen molar-refractivity contribution in [1.29, 1.82) is 0 Å². The van der Waals surface area contributed by atoms with Gasteiger partial charge in [-0.15, -0.1) is 0 Å². The highest BCUT2D eigenvalue weighted by Gasteiger charge is 2.01. The van der Waals surface area contributed by atoms with Gasteiger partial charge in [-0.25, -0.2) is 4.79 Å². The zero-order valence-electron chi connectivity index (χ0n) is 14.2. The maximum absolute atomic E-state index is 10.3. The fourth-order valence-corrected chi connectivity index (χ4v) is 0.312. The van der Waals surface area contributed by atoms with E-state index < -0.39 is 37.9 Å². The number of carboxylic acid groups (broad SMARTS) is 1. The minimum Gasteiger partial charge on any atom is -0.478 e. The number of aliphatic carboxylic acids is 1. The van der Waals surface area contributed by atoms with Gasteiger partial charge >= 0.3 is 5.97 Å². The van der Waals surface area contributed by atoms with Gasteiger partial charge in [-0.3, -0.25) is 0 Å². The Labute approximate surface area is 73.8 Å². The number of carboxylic acids is 1. The Bertz CT molecular complexity index is 328. The molecule has 1 N–H and O–H groups in total. The molecule has 3 nitrogen and oxygen atoms in total. The summed E-state index contributed by atoms with van der Waals surface area (Å²) in [7, 11) is 0. The number of carbonyl (C=O) groups is 1. The molecule has 0 aromatic heterocycles. The minimum atomic E-state index is -3.36. The third kappa shape index (κ3) is 7.17. The van der Waals surface area contributed by atoms with Crippen molar-refractivity contribution < 1.29 is 26.7 Å². The number of hydrogen-bond donors (Lipinski definition) is 1. The van der Waals surface area contributed by atoms with Crippen molar-refractivity contribution in [3.8, 4) is 0 Å². The van der Waals surface area contributed by atoms with E-state index in [0.717, 1.165) is 0 Å². The lowest BCUT2D eigenvalue weighted by Crippen LogP contribution is -2.34. The van der Waals surface area contributed by atoms with E-state index in [2.05, 4.69) is 0 Å². The van der Waals surface area contributed by atoms with Crippen molar-refractivity contribution >= 4 is 5.97 Å². The largest absolute Gasteiger partial charge is 0.478 e. The van der Waals surface area contributed by atoms with E-state index in [4.69, 9.17) is 17.4 Å². The Balaban J connectivity index is 5.89. The van der Waals surface area contributed by atoms with Crippen LogP contribution in [0.2, 0.25) is 0 Å². The molecule has 0 aliphatic carbocycles. The second kappa shape index (κ2) is 3.37. The van der Waals surface area contributed by atoms with E-state index in [1.807, 2.05) is 0 Å². The van der Waals surface area contributed by atoms with E-state index in [0.29, 0.717) is 12.2 Å². The van der Waals surface area contributed by atoms with Crippen LogP contribution in [0.15, 0.2) is 12.2 Å². The maximum atomic E-state index is 10.3. The Morgan fingerprint density at radius 2 is 2.30 bits per heavy atom. The second-order valence-electron chi connectivity index (χ2n) is 1.73. The average molecular weight is 153 g/mol. The Kier molecular flexibility index (Phi) is 0.699. The standard InChI is InChI=1S/C7H13NO2/c1-8(2,3)6-4-5-7(9)10/h4-5H,6H2,1-3H3/p+1/b5-4+/i1D3,2D3,3D3. The summed E-state index contributed by atoms with van der Waals surface area (Å²) in [5.74, 6) is -1.43. The predicted octanol–water partition coefficient (Wildman–Crippen LogP) is 0.333. The van der Waals surface area contributed by atoms with Gasteiger partial charge in [-0.05, 0) is 6.08 Å². The first-order valence-corrected chi connectivity index (χ1v) is 2.45. The molecule has 0 heterocycles. The van der Waals surface area contributed by atoms with Gasteiger partial charge in [0.15, 0.2) is 0 Å². The topological polar surface area (TPSA) is 37.3 Å². The van der Waals surface area contributed by atoms with Crippen LogP contribution in [0.4, 0.5) is 0 Å². The molecule has 0 rings (SSSR count). The van der Waals surface area contributed by atoms with Crippen LogP contribution in [-0.2, 0) is 4.79 Å². The normalized spacial score (nSPS) is 29.4. The molecule has 0 spiro atoms. The van der Waals surface area contributed by atoms with Crippen molar-refractivity contribution in [2.24, 2.45) is 0 Å². The molecular formula is C7H14NO2+. The molecule has 0 unspecified atom stereocenters. The number of nitrogens with zero attached hydrogens (tertiary/aromatic N) is 1. The van der Waals surface area contributed by atoms with Gasteiger partial charge in [0.25, 0.3) is 0 Å². The summed E-state index contributed by atoms with van der Waals surface area (Å²) in [5.41, 5.74) is 0. The first kappa shape index (κ1) is 2.08. The van der Waals surface area contributed by atoms with E-state index in [1.165, 1.54) is 0 Å². The molecule has 0 aliphatic rings. The lowest BCUT2D eigenvalue weighted by Gasteiger charge is -2.21. The number of rotatable bonds is 3. The minimum absolute atomic E-state index is 0.510. The summed E-state index contributed by atoms with van der Waals surface area (Å²) in [4.78, 5) is 10.3. The van der Waals surface area contributed by atoms with Crippen molar-refractivity contribution in [1.82, 2.24) is 0 Å². The highest BCUT2D eigenvalue weighted by Crippen LogP contribution is 1.89. The van der Waals surface area contributed by atoms with Crippen molar-refractivity contribution in [3.63, 3.8) is 0 Å². The molecule has 0 atom stereocenters. The summed E-state index contributed by atoms with van der Waals surface area (Å²) in [6.45, 7) is -11.1. The summed E-state index contributed by atoms with van der Waals surface area (Å²) >= 11 is 0. The van der Waals surface area contributed by atoms with E-state index in [9.17, 15) is 4.79 Å². The maximum Gasteiger partial charge on any atom is 0.328 e. The van der Waals surface area contributed by atoms with Crippen molar-refractivity contribution in [2.75, 3.05) is 27.5 Å². The fourth-order valence-electron chi connectivity index (χ4n) is 0.312. The molecule has 0 bridgehead atoms. The molecule has 0 fully saturated rings. The summed E-state index contributed by atoms with van der Waals surface area (Å²) < 4.78 is 63.0. The van der Waals surface area contributed by atoms with Crippen LogP contribution in [0, 0.1) is 0 Å². The fraction of sp³-hybridized carbons (Fsp3) is 0.571. The zero-order chi connectivity index (χ0) is 15.7.